The Morgan fingerprint density at radius 2 is 2.18 bits per heavy atom. The first-order valence-corrected chi connectivity index (χ1v) is 6.23. The zero-order valence-electron chi connectivity index (χ0n) is 10.8. The van der Waals surface area contributed by atoms with Crippen molar-refractivity contribution in [2.75, 3.05) is 13.2 Å². The summed E-state index contributed by atoms with van der Waals surface area (Å²) in [7, 11) is 0. The Bertz CT molecular complexity index is 351. The van der Waals surface area contributed by atoms with Crippen LogP contribution in [0.3, 0.4) is 0 Å². The van der Waals surface area contributed by atoms with E-state index < -0.39 is 0 Å². The smallest absolute Gasteiger partial charge is 0.245 e. The zero-order chi connectivity index (χ0) is 12.3. The molecule has 0 radical (unpaired) electrons. The van der Waals surface area contributed by atoms with Gasteiger partial charge in [-0.25, -0.2) is 0 Å². The Morgan fingerprint density at radius 1 is 1.35 bits per heavy atom. The normalized spacial score (nSPS) is 21.0. The van der Waals surface area contributed by atoms with Gasteiger partial charge < -0.3 is 14.5 Å². The van der Waals surface area contributed by atoms with E-state index in [9.17, 15) is 0 Å². The van der Waals surface area contributed by atoms with Gasteiger partial charge in [-0.1, -0.05) is 0 Å². The molecule has 5 heteroatoms. The molecule has 5 nitrogen and oxygen atoms in total. The number of hydrogen-bond donors (Lipinski definition) is 1. The van der Waals surface area contributed by atoms with Crippen LogP contribution in [0.25, 0.3) is 0 Å². The molecule has 1 fully saturated rings. The van der Waals surface area contributed by atoms with E-state index in [-0.39, 0.29) is 11.6 Å². The third-order valence-electron chi connectivity index (χ3n) is 2.68. The molecule has 1 saturated heterocycles. The quantitative estimate of drug-likeness (QED) is 0.869. The van der Waals surface area contributed by atoms with E-state index in [1.54, 1.807) is 0 Å². The number of rotatable bonds is 4. The monoisotopic (exact) mass is 239 g/mol. The fourth-order valence-electron chi connectivity index (χ4n) is 1.81. The van der Waals surface area contributed by atoms with E-state index >= 15 is 0 Å². The standard InChI is InChI=1S/C12H21N3O2/c1-12(2,3)13-7-6-10-14-15-11(17-10)9-5-4-8-16-9/h9,13H,4-8H2,1-3H3. The third kappa shape index (κ3) is 3.78. The van der Waals surface area contributed by atoms with Gasteiger partial charge in [-0.15, -0.1) is 10.2 Å². The first kappa shape index (κ1) is 12.5. The lowest BCUT2D eigenvalue weighted by molar-refractivity contribution is 0.0880. The second-order valence-electron chi connectivity index (χ2n) is 5.46. The summed E-state index contributed by atoms with van der Waals surface area (Å²) in [6.07, 6.45) is 2.85. The zero-order valence-corrected chi connectivity index (χ0v) is 10.8. The van der Waals surface area contributed by atoms with E-state index in [1.165, 1.54) is 0 Å². The van der Waals surface area contributed by atoms with Crippen LogP contribution in [0.2, 0.25) is 0 Å². The van der Waals surface area contributed by atoms with Gasteiger partial charge in [0.05, 0.1) is 0 Å². The number of aromatic nitrogens is 2. The predicted octanol–water partition coefficient (Wildman–Crippen LogP) is 1.85. The summed E-state index contributed by atoms with van der Waals surface area (Å²) < 4.78 is 11.1. The van der Waals surface area contributed by atoms with Gasteiger partial charge in [-0.2, -0.15) is 0 Å². The molecule has 0 spiro atoms. The maximum atomic E-state index is 5.60. The van der Waals surface area contributed by atoms with E-state index in [1.807, 2.05) is 0 Å². The van der Waals surface area contributed by atoms with Crippen molar-refractivity contribution in [1.29, 1.82) is 0 Å². The highest BCUT2D eigenvalue weighted by atomic mass is 16.5. The Hall–Kier alpha value is -0.940. The summed E-state index contributed by atoms with van der Waals surface area (Å²) >= 11 is 0. The SMILES string of the molecule is CC(C)(C)NCCc1nnc(C2CCCO2)o1. The Morgan fingerprint density at radius 3 is 2.82 bits per heavy atom. The van der Waals surface area contributed by atoms with E-state index in [0.717, 1.165) is 32.4 Å². The molecule has 17 heavy (non-hydrogen) atoms. The van der Waals surface area contributed by atoms with Crippen molar-refractivity contribution in [3.8, 4) is 0 Å². The number of ether oxygens (including phenoxy) is 1. The van der Waals surface area contributed by atoms with Crippen LogP contribution in [0.1, 0.15) is 51.5 Å². The Kier molecular flexibility index (Phi) is 3.79. The largest absolute Gasteiger partial charge is 0.422 e. The lowest BCUT2D eigenvalue weighted by Crippen LogP contribution is -2.37. The minimum Gasteiger partial charge on any atom is -0.422 e. The fourth-order valence-corrected chi connectivity index (χ4v) is 1.81. The molecular formula is C12H21N3O2. The van der Waals surface area contributed by atoms with Crippen molar-refractivity contribution < 1.29 is 9.15 Å². The second-order valence-corrected chi connectivity index (χ2v) is 5.46. The van der Waals surface area contributed by atoms with Crippen molar-refractivity contribution in [1.82, 2.24) is 15.5 Å². The highest BCUT2D eigenvalue weighted by molar-refractivity contribution is 4.89. The summed E-state index contributed by atoms with van der Waals surface area (Å²) in [6.45, 7) is 8.06. The molecule has 2 rings (SSSR count). The van der Waals surface area contributed by atoms with Gasteiger partial charge in [0.1, 0.15) is 6.10 Å². The Labute approximate surface area is 102 Å². The summed E-state index contributed by atoms with van der Waals surface area (Å²) in [5.74, 6) is 1.32. The molecule has 0 aromatic carbocycles. The number of nitrogens with zero attached hydrogens (tertiary/aromatic N) is 2. The Balaban J connectivity index is 1.81. The third-order valence-corrected chi connectivity index (χ3v) is 2.68. The van der Waals surface area contributed by atoms with Gasteiger partial charge in [-0.3, -0.25) is 0 Å². The lowest BCUT2D eigenvalue weighted by Gasteiger charge is -2.19. The molecule has 1 unspecified atom stereocenters. The molecule has 0 bridgehead atoms. The van der Waals surface area contributed by atoms with Crippen LogP contribution in [-0.4, -0.2) is 28.9 Å². The fraction of sp³-hybridized carbons (Fsp3) is 0.833. The van der Waals surface area contributed by atoms with Crippen LogP contribution < -0.4 is 5.32 Å². The lowest BCUT2D eigenvalue weighted by atomic mass is 10.1. The average Bonchev–Trinajstić information content (AvgIpc) is 2.83. The molecule has 96 valence electrons. The minimum atomic E-state index is 0.0202. The van der Waals surface area contributed by atoms with E-state index in [2.05, 4.69) is 36.3 Å². The predicted molar refractivity (Wildman–Crippen MR) is 63.7 cm³/mol. The van der Waals surface area contributed by atoms with Gasteiger partial charge in [0, 0.05) is 25.1 Å². The number of nitrogens with one attached hydrogen (secondary N) is 1. The molecule has 0 aliphatic carbocycles. The molecule has 1 aliphatic heterocycles. The van der Waals surface area contributed by atoms with Crippen LogP contribution in [0, 0.1) is 0 Å². The van der Waals surface area contributed by atoms with Crippen LogP contribution in [0.4, 0.5) is 0 Å². The molecule has 1 atom stereocenters. The number of hydrogen-bond acceptors (Lipinski definition) is 5. The minimum absolute atomic E-state index is 0.0202. The van der Waals surface area contributed by atoms with Crippen LogP contribution in [0.15, 0.2) is 4.42 Å². The maximum absolute atomic E-state index is 5.60. The molecular weight excluding hydrogens is 218 g/mol. The molecule has 1 aromatic rings. The van der Waals surface area contributed by atoms with Gasteiger partial charge in [0.15, 0.2) is 0 Å². The average molecular weight is 239 g/mol. The second kappa shape index (κ2) is 5.14. The van der Waals surface area contributed by atoms with Crippen LogP contribution in [0.5, 0.6) is 0 Å². The van der Waals surface area contributed by atoms with Gasteiger partial charge in [-0.05, 0) is 33.6 Å². The first-order chi connectivity index (χ1) is 8.04. The highest BCUT2D eigenvalue weighted by Crippen LogP contribution is 2.27. The van der Waals surface area contributed by atoms with Crippen molar-refractivity contribution in [3.05, 3.63) is 11.8 Å². The molecule has 0 saturated carbocycles. The maximum Gasteiger partial charge on any atom is 0.245 e. The summed E-state index contributed by atoms with van der Waals surface area (Å²) in [6, 6.07) is 0. The van der Waals surface area contributed by atoms with Gasteiger partial charge in [0.2, 0.25) is 11.8 Å². The molecule has 1 aromatic heterocycles. The van der Waals surface area contributed by atoms with Gasteiger partial charge >= 0.3 is 0 Å². The van der Waals surface area contributed by atoms with Crippen molar-refractivity contribution in [2.24, 2.45) is 0 Å². The van der Waals surface area contributed by atoms with Crippen LogP contribution >= 0.6 is 0 Å². The summed E-state index contributed by atoms with van der Waals surface area (Å²) in [5, 5.41) is 11.5. The topological polar surface area (TPSA) is 60.2 Å². The summed E-state index contributed by atoms with van der Waals surface area (Å²) in [5.41, 5.74) is 0.122. The van der Waals surface area contributed by atoms with Crippen molar-refractivity contribution >= 4 is 0 Å². The van der Waals surface area contributed by atoms with E-state index in [0.29, 0.717) is 11.8 Å². The summed E-state index contributed by atoms with van der Waals surface area (Å²) in [4.78, 5) is 0. The van der Waals surface area contributed by atoms with E-state index in [4.69, 9.17) is 9.15 Å². The molecule has 2 heterocycles. The molecule has 0 amide bonds. The van der Waals surface area contributed by atoms with Crippen molar-refractivity contribution in [2.45, 2.75) is 51.7 Å². The molecule has 1 N–H and O–H groups in total. The van der Waals surface area contributed by atoms with Crippen molar-refractivity contribution in [3.63, 3.8) is 0 Å². The highest BCUT2D eigenvalue weighted by Gasteiger charge is 2.23. The van der Waals surface area contributed by atoms with Crippen LogP contribution in [-0.2, 0) is 11.2 Å². The molecule has 1 aliphatic rings. The first-order valence-electron chi connectivity index (χ1n) is 6.23. The van der Waals surface area contributed by atoms with Gasteiger partial charge in [0.25, 0.3) is 0 Å².